The lowest BCUT2D eigenvalue weighted by molar-refractivity contribution is 0.0546. The lowest BCUT2D eigenvalue weighted by Gasteiger charge is -2.27. The Bertz CT molecular complexity index is 481. The van der Waals surface area contributed by atoms with Gasteiger partial charge in [-0.25, -0.2) is 0 Å². The van der Waals surface area contributed by atoms with Gasteiger partial charge in [-0.15, -0.1) is 0 Å². The van der Waals surface area contributed by atoms with Crippen LogP contribution in [0, 0.1) is 0 Å². The summed E-state index contributed by atoms with van der Waals surface area (Å²) in [5, 5.41) is 3.30. The van der Waals surface area contributed by atoms with Crippen molar-refractivity contribution in [3.63, 3.8) is 0 Å². The smallest absolute Gasteiger partial charge is 0.262 e. The first-order valence-electron chi connectivity index (χ1n) is 7.61. The third-order valence-corrected chi connectivity index (χ3v) is 3.74. The number of nitrogens with two attached hydrogens (primary N) is 1. The Morgan fingerprint density at radius 1 is 1.14 bits per heavy atom. The van der Waals surface area contributed by atoms with Gasteiger partial charge in [0.1, 0.15) is 0 Å². The van der Waals surface area contributed by atoms with Crippen LogP contribution in [-0.2, 0) is 0 Å². The number of amides is 2. The molecule has 1 aromatic rings. The fourth-order valence-electron chi connectivity index (χ4n) is 2.61. The quantitative estimate of drug-likeness (QED) is 0.564. The summed E-state index contributed by atoms with van der Waals surface area (Å²) in [7, 11) is 0. The van der Waals surface area contributed by atoms with Crippen molar-refractivity contribution in [2.75, 3.05) is 13.1 Å². The number of nitrogens with zero attached hydrogens (tertiary/aromatic N) is 1. The molecule has 1 aromatic carbocycles. The topological polar surface area (TPSA) is 75.4 Å². The predicted octanol–water partition coefficient (Wildman–Crippen LogP) is 1.74. The van der Waals surface area contributed by atoms with E-state index in [-0.39, 0.29) is 18.0 Å². The van der Waals surface area contributed by atoms with Gasteiger partial charge in [0.05, 0.1) is 17.3 Å². The summed E-state index contributed by atoms with van der Waals surface area (Å²) in [6.07, 6.45) is 3.54. The number of nitrogens with one attached hydrogen (secondary N) is 1. The second-order valence-corrected chi connectivity index (χ2v) is 5.28. The molecular formula is C16H23N3O2. The van der Waals surface area contributed by atoms with Crippen LogP contribution < -0.4 is 11.1 Å². The summed E-state index contributed by atoms with van der Waals surface area (Å²) in [6.45, 7) is 3.35. The zero-order valence-corrected chi connectivity index (χ0v) is 12.5. The summed E-state index contributed by atoms with van der Waals surface area (Å²) in [4.78, 5) is 26.2. The minimum atomic E-state index is -0.320. The number of benzene rings is 1. The number of fused-ring (bicyclic) bond motifs is 1. The first-order valence-corrected chi connectivity index (χ1v) is 7.61. The van der Waals surface area contributed by atoms with E-state index in [1.54, 1.807) is 24.3 Å². The highest BCUT2D eigenvalue weighted by Gasteiger charge is 2.39. The fourth-order valence-corrected chi connectivity index (χ4v) is 2.61. The number of imide groups is 1. The molecule has 0 saturated heterocycles. The molecule has 0 aliphatic carbocycles. The molecular weight excluding hydrogens is 266 g/mol. The van der Waals surface area contributed by atoms with Crippen LogP contribution in [0.3, 0.4) is 0 Å². The Morgan fingerprint density at radius 2 is 1.76 bits per heavy atom. The summed E-state index contributed by atoms with van der Waals surface area (Å²) in [5.74, 6) is -0.450. The van der Waals surface area contributed by atoms with Gasteiger partial charge in [-0.3, -0.25) is 19.8 Å². The second kappa shape index (κ2) is 7.33. The van der Waals surface area contributed by atoms with Crippen molar-refractivity contribution in [2.45, 2.75) is 38.8 Å². The van der Waals surface area contributed by atoms with Gasteiger partial charge in [0.15, 0.2) is 0 Å². The Balaban J connectivity index is 2.10. The van der Waals surface area contributed by atoms with Gasteiger partial charge in [0, 0.05) is 0 Å². The number of hydrogen-bond donors (Lipinski definition) is 2. The van der Waals surface area contributed by atoms with Gasteiger partial charge in [-0.1, -0.05) is 31.9 Å². The van der Waals surface area contributed by atoms with Crippen LogP contribution in [0.25, 0.3) is 0 Å². The maximum absolute atomic E-state index is 12.4. The number of carbonyl (C=O) groups is 2. The Morgan fingerprint density at radius 3 is 2.29 bits per heavy atom. The van der Waals surface area contributed by atoms with Crippen molar-refractivity contribution < 1.29 is 9.59 Å². The summed E-state index contributed by atoms with van der Waals surface area (Å²) in [6, 6.07) is 6.96. The van der Waals surface area contributed by atoms with Gasteiger partial charge >= 0.3 is 0 Å². The van der Waals surface area contributed by atoms with Crippen LogP contribution >= 0.6 is 0 Å². The van der Waals surface area contributed by atoms with Crippen molar-refractivity contribution in [1.29, 1.82) is 0 Å². The SMILES string of the molecule is CCCCCNC(CCN)N1C(=O)c2ccccc2C1=O. The molecule has 1 aliphatic heterocycles. The van der Waals surface area contributed by atoms with E-state index < -0.39 is 0 Å². The van der Waals surface area contributed by atoms with E-state index >= 15 is 0 Å². The summed E-state index contributed by atoms with van der Waals surface area (Å²) >= 11 is 0. The van der Waals surface area contributed by atoms with Crippen LogP contribution in [0.4, 0.5) is 0 Å². The van der Waals surface area contributed by atoms with Crippen LogP contribution in [0.5, 0.6) is 0 Å². The number of carbonyl (C=O) groups excluding carboxylic acids is 2. The molecule has 2 rings (SSSR count). The number of unbranched alkanes of at least 4 members (excludes halogenated alkanes) is 2. The van der Waals surface area contributed by atoms with E-state index in [4.69, 9.17) is 5.73 Å². The Hall–Kier alpha value is -1.72. The van der Waals surface area contributed by atoms with E-state index in [9.17, 15) is 9.59 Å². The molecule has 3 N–H and O–H groups in total. The molecule has 1 unspecified atom stereocenters. The van der Waals surface area contributed by atoms with Crippen LogP contribution in [0.2, 0.25) is 0 Å². The number of hydrogen-bond acceptors (Lipinski definition) is 4. The van der Waals surface area contributed by atoms with Crippen molar-refractivity contribution in [1.82, 2.24) is 10.2 Å². The molecule has 0 aromatic heterocycles. The molecule has 21 heavy (non-hydrogen) atoms. The van der Waals surface area contributed by atoms with Crippen molar-refractivity contribution >= 4 is 11.8 Å². The maximum atomic E-state index is 12.4. The third-order valence-electron chi connectivity index (χ3n) is 3.74. The standard InChI is InChI=1S/C16H23N3O2/c1-2-3-6-11-18-14(9-10-17)19-15(20)12-7-4-5-8-13(12)16(19)21/h4-5,7-8,14,18H,2-3,6,9-11,17H2,1H3. The highest BCUT2D eigenvalue weighted by molar-refractivity contribution is 6.21. The highest BCUT2D eigenvalue weighted by Crippen LogP contribution is 2.24. The van der Waals surface area contributed by atoms with Crippen LogP contribution in [0.1, 0.15) is 53.3 Å². The molecule has 5 heteroatoms. The molecule has 0 radical (unpaired) electrons. The first kappa shape index (κ1) is 15.7. The average molecular weight is 289 g/mol. The van der Waals surface area contributed by atoms with Crippen LogP contribution in [-0.4, -0.2) is 36.0 Å². The van der Waals surface area contributed by atoms with E-state index in [1.807, 2.05) is 0 Å². The molecule has 5 nitrogen and oxygen atoms in total. The summed E-state index contributed by atoms with van der Waals surface area (Å²) < 4.78 is 0. The molecule has 1 heterocycles. The van der Waals surface area contributed by atoms with Gasteiger partial charge in [0.2, 0.25) is 0 Å². The molecule has 0 fully saturated rings. The third kappa shape index (κ3) is 3.31. The fraction of sp³-hybridized carbons (Fsp3) is 0.500. The lowest BCUT2D eigenvalue weighted by atomic mass is 10.1. The molecule has 0 spiro atoms. The minimum Gasteiger partial charge on any atom is -0.330 e. The molecule has 114 valence electrons. The molecule has 0 saturated carbocycles. The Kier molecular flexibility index (Phi) is 5.47. The molecule has 0 bridgehead atoms. The lowest BCUT2D eigenvalue weighted by Crippen LogP contribution is -2.49. The summed E-state index contributed by atoms with van der Waals surface area (Å²) in [5.41, 5.74) is 6.61. The minimum absolute atomic E-state index is 0.225. The normalized spacial score (nSPS) is 15.4. The van der Waals surface area contributed by atoms with Gasteiger partial charge < -0.3 is 5.73 Å². The first-order chi connectivity index (χ1) is 10.2. The van der Waals surface area contributed by atoms with Gasteiger partial charge in [-0.05, 0) is 38.1 Å². The molecule has 2 amide bonds. The van der Waals surface area contributed by atoms with E-state index in [0.29, 0.717) is 24.1 Å². The van der Waals surface area contributed by atoms with Crippen molar-refractivity contribution in [3.8, 4) is 0 Å². The van der Waals surface area contributed by atoms with Crippen molar-refractivity contribution in [2.24, 2.45) is 5.73 Å². The number of rotatable bonds is 8. The monoisotopic (exact) mass is 289 g/mol. The molecule has 1 atom stereocenters. The average Bonchev–Trinajstić information content (AvgIpc) is 2.75. The highest BCUT2D eigenvalue weighted by atomic mass is 16.2. The largest absolute Gasteiger partial charge is 0.330 e. The van der Waals surface area contributed by atoms with Crippen molar-refractivity contribution in [3.05, 3.63) is 35.4 Å². The zero-order valence-electron chi connectivity index (χ0n) is 12.5. The van der Waals surface area contributed by atoms with Crippen LogP contribution in [0.15, 0.2) is 24.3 Å². The maximum Gasteiger partial charge on any atom is 0.262 e. The van der Waals surface area contributed by atoms with Gasteiger partial charge in [0.25, 0.3) is 11.8 Å². The van der Waals surface area contributed by atoms with Gasteiger partial charge in [-0.2, -0.15) is 0 Å². The van der Waals surface area contributed by atoms with E-state index in [2.05, 4.69) is 12.2 Å². The zero-order chi connectivity index (χ0) is 15.2. The molecule has 1 aliphatic rings. The Labute approximate surface area is 125 Å². The predicted molar refractivity (Wildman–Crippen MR) is 81.9 cm³/mol. The second-order valence-electron chi connectivity index (χ2n) is 5.28. The van der Waals surface area contributed by atoms with E-state index in [0.717, 1.165) is 25.8 Å². The van der Waals surface area contributed by atoms with E-state index in [1.165, 1.54) is 4.90 Å².